The van der Waals surface area contributed by atoms with Crippen LogP contribution in [0.5, 0.6) is 0 Å². The molecule has 2 heteroatoms. The van der Waals surface area contributed by atoms with Gasteiger partial charge in [0.2, 0.25) is 0 Å². The largest absolute Gasteiger partial charge is 0.314 e. The van der Waals surface area contributed by atoms with Crippen LogP contribution in [-0.2, 0) is 0 Å². The van der Waals surface area contributed by atoms with Crippen LogP contribution in [0.1, 0.15) is 51.4 Å². The summed E-state index contributed by atoms with van der Waals surface area (Å²) in [6.45, 7) is 1.22. The molecule has 88 valence electrons. The van der Waals surface area contributed by atoms with Crippen LogP contribution in [0.3, 0.4) is 0 Å². The lowest BCUT2D eigenvalue weighted by atomic mass is 9.80. The third-order valence-corrected chi connectivity index (χ3v) is 4.68. The summed E-state index contributed by atoms with van der Waals surface area (Å²) < 4.78 is 0. The lowest BCUT2D eigenvalue weighted by Crippen LogP contribution is -2.36. The maximum Gasteiger partial charge on any atom is 0.0254 e. The molecule has 0 aromatic heterocycles. The maximum absolute atomic E-state index is 6.04. The molecule has 2 atom stereocenters. The molecule has 0 heterocycles. The van der Waals surface area contributed by atoms with E-state index < -0.39 is 0 Å². The van der Waals surface area contributed by atoms with Gasteiger partial charge in [0.05, 0.1) is 0 Å². The summed E-state index contributed by atoms with van der Waals surface area (Å²) in [4.78, 5) is 0. The Morgan fingerprint density at radius 1 is 0.867 bits per heavy atom. The first kappa shape index (κ1) is 11.7. The van der Waals surface area contributed by atoms with E-state index in [-0.39, 0.29) is 0 Å². The quantitative estimate of drug-likeness (QED) is 0.727. The van der Waals surface area contributed by atoms with Crippen molar-refractivity contribution in [2.24, 2.45) is 11.8 Å². The molecule has 0 aliphatic heterocycles. The highest BCUT2D eigenvalue weighted by Crippen LogP contribution is 2.30. The fourth-order valence-electron chi connectivity index (χ4n) is 3.20. The topological polar surface area (TPSA) is 12.0 Å². The summed E-state index contributed by atoms with van der Waals surface area (Å²) in [5.74, 6) is 2.52. The molecule has 2 rings (SSSR count). The van der Waals surface area contributed by atoms with Gasteiger partial charge in [0.15, 0.2) is 0 Å². The molecular formula is C13H24ClN. The van der Waals surface area contributed by atoms with Crippen molar-refractivity contribution in [3.05, 3.63) is 0 Å². The first-order chi connectivity index (χ1) is 7.40. The van der Waals surface area contributed by atoms with Crippen LogP contribution in [-0.4, -0.2) is 18.5 Å². The second kappa shape index (κ2) is 6.10. The molecule has 0 saturated heterocycles. The molecule has 1 nitrogen and oxygen atoms in total. The van der Waals surface area contributed by atoms with Crippen molar-refractivity contribution in [1.82, 2.24) is 5.32 Å². The minimum absolute atomic E-state index is 0.786. The molecule has 2 aliphatic rings. The Hall–Kier alpha value is 0.250. The monoisotopic (exact) mass is 229 g/mol. The summed E-state index contributed by atoms with van der Waals surface area (Å²) in [6.07, 6.45) is 11.2. The summed E-state index contributed by atoms with van der Waals surface area (Å²) in [7, 11) is 0. The Morgan fingerprint density at radius 2 is 1.47 bits per heavy atom. The molecule has 0 bridgehead atoms. The standard InChI is InChI=1S/C13H24ClN/c14-9-11-5-1-2-6-12(11)10-15-13-7-3-4-8-13/h11-13,15H,1-10H2. The van der Waals surface area contributed by atoms with Crippen LogP contribution in [0.15, 0.2) is 0 Å². The second-order valence-electron chi connectivity index (χ2n) is 5.35. The van der Waals surface area contributed by atoms with Crippen LogP contribution in [0.2, 0.25) is 0 Å². The average Bonchev–Trinajstić information content (AvgIpc) is 2.79. The van der Waals surface area contributed by atoms with E-state index in [2.05, 4.69) is 5.32 Å². The van der Waals surface area contributed by atoms with Crippen molar-refractivity contribution in [2.45, 2.75) is 57.4 Å². The minimum Gasteiger partial charge on any atom is -0.314 e. The van der Waals surface area contributed by atoms with E-state index in [1.807, 2.05) is 0 Å². The van der Waals surface area contributed by atoms with Crippen LogP contribution in [0.25, 0.3) is 0 Å². The van der Waals surface area contributed by atoms with Crippen molar-refractivity contribution >= 4 is 11.6 Å². The van der Waals surface area contributed by atoms with Gasteiger partial charge in [0, 0.05) is 11.9 Å². The number of hydrogen-bond donors (Lipinski definition) is 1. The third-order valence-electron chi connectivity index (χ3n) is 4.29. The Kier molecular flexibility index (Phi) is 4.77. The highest BCUT2D eigenvalue weighted by atomic mass is 35.5. The molecule has 0 aromatic carbocycles. The van der Waals surface area contributed by atoms with Gasteiger partial charge in [0.1, 0.15) is 0 Å². The Labute approximate surface area is 99.0 Å². The van der Waals surface area contributed by atoms with E-state index in [9.17, 15) is 0 Å². The number of alkyl halides is 1. The van der Waals surface area contributed by atoms with Gasteiger partial charge in [-0.2, -0.15) is 0 Å². The van der Waals surface area contributed by atoms with Gasteiger partial charge in [-0.15, -0.1) is 11.6 Å². The highest BCUT2D eigenvalue weighted by Gasteiger charge is 2.25. The number of nitrogens with one attached hydrogen (secondary N) is 1. The third kappa shape index (κ3) is 3.35. The zero-order valence-corrected chi connectivity index (χ0v) is 10.4. The zero-order valence-electron chi connectivity index (χ0n) is 9.68. The van der Waals surface area contributed by atoms with Crippen LogP contribution >= 0.6 is 11.6 Å². The normalized spacial score (nSPS) is 33.4. The van der Waals surface area contributed by atoms with Crippen LogP contribution in [0.4, 0.5) is 0 Å². The maximum atomic E-state index is 6.04. The van der Waals surface area contributed by atoms with E-state index in [1.165, 1.54) is 57.9 Å². The van der Waals surface area contributed by atoms with Crippen molar-refractivity contribution < 1.29 is 0 Å². The van der Waals surface area contributed by atoms with E-state index in [0.29, 0.717) is 0 Å². The molecule has 1 N–H and O–H groups in total. The van der Waals surface area contributed by atoms with Gasteiger partial charge in [-0.05, 0) is 44.1 Å². The molecule has 2 unspecified atom stereocenters. The van der Waals surface area contributed by atoms with Crippen LogP contribution in [0, 0.1) is 11.8 Å². The van der Waals surface area contributed by atoms with E-state index >= 15 is 0 Å². The van der Waals surface area contributed by atoms with Gasteiger partial charge >= 0.3 is 0 Å². The van der Waals surface area contributed by atoms with E-state index in [1.54, 1.807) is 0 Å². The predicted octanol–water partition coefficient (Wildman–Crippen LogP) is 3.56. The second-order valence-corrected chi connectivity index (χ2v) is 5.66. The predicted molar refractivity (Wildman–Crippen MR) is 66.4 cm³/mol. The zero-order chi connectivity index (χ0) is 10.5. The highest BCUT2D eigenvalue weighted by molar-refractivity contribution is 6.18. The van der Waals surface area contributed by atoms with Crippen molar-refractivity contribution in [3.8, 4) is 0 Å². The fraction of sp³-hybridized carbons (Fsp3) is 1.00. The molecule has 2 aliphatic carbocycles. The average molecular weight is 230 g/mol. The van der Waals surface area contributed by atoms with Crippen molar-refractivity contribution in [1.29, 1.82) is 0 Å². The molecule has 15 heavy (non-hydrogen) atoms. The van der Waals surface area contributed by atoms with Gasteiger partial charge in [0.25, 0.3) is 0 Å². The minimum atomic E-state index is 0.786. The number of hydrogen-bond acceptors (Lipinski definition) is 1. The van der Waals surface area contributed by atoms with Crippen LogP contribution < -0.4 is 5.32 Å². The van der Waals surface area contributed by atoms with Gasteiger partial charge in [-0.1, -0.05) is 25.7 Å². The summed E-state index contributed by atoms with van der Waals surface area (Å²) in [5.41, 5.74) is 0. The summed E-state index contributed by atoms with van der Waals surface area (Å²) in [5, 5.41) is 3.76. The molecule has 0 aromatic rings. The van der Waals surface area contributed by atoms with Crippen molar-refractivity contribution in [2.75, 3.05) is 12.4 Å². The molecule has 0 spiro atoms. The number of halogens is 1. The molecule has 0 amide bonds. The first-order valence-corrected chi connectivity index (χ1v) is 7.23. The molecule has 2 saturated carbocycles. The van der Waals surface area contributed by atoms with Gasteiger partial charge in [-0.3, -0.25) is 0 Å². The Morgan fingerprint density at radius 3 is 2.13 bits per heavy atom. The van der Waals surface area contributed by atoms with E-state index in [0.717, 1.165) is 23.8 Å². The molecule has 2 fully saturated rings. The lowest BCUT2D eigenvalue weighted by Gasteiger charge is -2.31. The Balaban J connectivity index is 1.71. The smallest absolute Gasteiger partial charge is 0.0254 e. The Bertz CT molecular complexity index is 177. The molecular weight excluding hydrogens is 206 g/mol. The summed E-state index contributed by atoms with van der Waals surface area (Å²) >= 11 is 6.04. The lowest BCUT2D eigenvalue weighted by molar-refractivity contribution is 0.243. The molecule has 0 radical (unpaired) electrons. The summed E-state index contributed by atoms with van der Waals surface area (Å²) in [6, 6.07) is 0.822. The first-order valence-electron chi connectivity index (χ1n) is 6.69. The fourth-order valence-corrected chi connectivity index (χ4v) is 3.61. The van der Waals surface area contributed by atoms with Crippen molar-refractivity contribution in [3.63, 3.8) is 0 Å². The van der Waals surface area contributed by atoms with E-state index in [4.69, 9.17) is 11.6 Å². The number of rotatable bonds is 4. The van der Waals surface area contributed by atoms with Gasteiger partial charge < -0.3 is 5.32 Å². The SMILES string of the molecule is ClCC1CCCCC1CNC1CCCC1. The van der Waals surface area contributed by atoms with Gasteiger partial charge in [-0.25, -0.2) is 0 Å².